The number of aliphatic hydroxyl groups excluding tert-OH is 1. The first-order valence-electron chi connectivity index (χ1n) is 7.11. The van der Waals surface area contributed by atoms with Crippen LogP contribution >= 0.6 is 0 Å². The zero-order valence-corrected chi connectivity index (χ0v) is 12.0. The van der Waals surface area contributed by atoms with Crippen LogP contribution in [0.3, 0.4) is 0 Å². The van der Waals surface area contributed by atoms with E-state index in [0.717, 1.165) is 0 Å². The van der Waals surface area contributed by atoms with Gasteiger partial charge in [-0.15, -0.1) is 0 Å². The summed E-state index contributed by atoms with van der Waals surface area (Å²) in [6.07, 6.45) is 1.72. The summed E-state index contributed by atoms with van der Waals surface area (Å²) in [5.74, 6) is 0.564. The van der Waals surface area contributed by atoms with Gasteiger partial charge in [0.05, 0.1) is 30.2 Å². The molecule has 9 heteroatoms. The average Bonchev–Trinajstić information content (AvgIpc) is 3.25. The fraction of sp³-hybridized carbons (Fsp3) is 0.357. The summed E-state index contributed by atoms with van der Waals surface area (Å²) in [5, 5.41) is 13.3. The molecule has 3 aromatic rings. The number of fused-ring (bicyclic) bond motifs is 1. The van der Waals surface area contributed by atoms with Gasteiger partial charge in [0.2, 0.25) is 5.89 Å². The van der Waals surface area contributed by atoms with Gasteiger partial charge in [0.1, 0.15) is 30.4 Å². The smallest absolute Gasteiger partial charge is 0.228 e. The summed E-state index contributed by atoms with van der Waals surface area (Å²) in [4.78, 5) is 8.07. The van der Waals surface area contributed by atoms with Gasteiger partial charge in [0, 0.05) is 6.42 Å². The predicted molar refractivity (Wildman–Crippen MR) is 77.1 cm³/mol. The molecule has 0 aromatic carbocycles. The van der Waals surface area contributed by atoms with Crippen molar-refractivity contribution in [3.8, 4) is 11.5 Å². The molecular weight excluding hydrogens is 305 g/mol. The molecular formula is C14H14FN5O3. The largest absolute Gasteiger partial charge is 0.444 e. The summed E-state index contributed by atoms with van der Waals surface area (Å²) in [6, 6.07) is 1.68. The number of hydrogen-bond acceptors (Lipinski definition) is 7. The van der Waals surface area contributed by atoms with E-state index < -0.39 is 18.4 Å². The number of nitrogens with zero attached hydrogens (tertiary/aromatic N) is 4. The minimum Gasteiger partial charge on any atom is -0.444 e. The number of nitrogen functional groups attached to an aromatic ring is 1. The van der Waals surface area contributed by atoms with Crippen molar-refractivity contribution in [2.24, 2.45) is 0 Å². The summed E-state index contributed by atoms with van der Waals surface area (Å²) in [6.45, 7) is -0.232. The minimum absolute atomic E-state index is 0.128. The second-order valence-electron chi connectivity index (χ2n) is 5.34. The van der Waals surface area contributed by atoms with Crippen LogP contribution in [-0.2, 0) is 4.74 Å². The van der Waals surface area contributed by atoms with Crippen LogP contribution in [-0.4, -0.2) is 43.6 Å². The van der Waals surface area contributed by atoms with Crippen LogP contribution in [0.25, 0.3) is 17.0 Å². The van der Waals surface area contributed by atoms with E-state index in [4.69, 9.17) is 14.9 Å². The van der Waals surface area contributed by atoms with Crippen LogP contribution in [0.2, 0.25) is 0 Å². The zero-order chi connectivity index (χ0) is 16.0. The van der Waals surface area contributed by atoms with Crippen LogP contribution in [0.5, 0.6) is 0 Å². The molecule has 1 aliphatic rings. The number of rotatable bonds is 3. The highest BCUT2D eigenvalue weighted by atomic mass is 19.1. The maximum absolute atomic E-state index is 14.3. The van der Waals surface area contributed by atoms with Crippen molar-refractivity contribution in [3.63, 3.8) is 0 Å². The van der Waals surface area contributed by atoms with E-state index in [1.807, 2.05) is 0 Å². The van der Waals surface area contributed by atoms with Gasteiger partial charge >= 0.3 is 0 Å². The highest BCUT2D eigenvalue weighted by Crippen LogP contribution is 2.39. The molecule has 1 saturated heterocycles. The highest BCUT2D eigenvalue weighted by Gasteiger charge is 2.39. The lowest BCUT2D eigenvalue weighted by molar-refractivity contribution is -0.00198. The summed E-state index contributed by atoms with van der Waals surface area (Å²) < 4.78 is 26.7. The maximum Gasteiger partial charge on any atom is 0.228 e. The van der Waals surface area contributed by atoms with Crippen molar-refractivity contribution in [3.05, 3.63) is 30.5 Å². The number of nitrogens with two attached hydrogens (primary N) is 1. The topological polar surface area (TPSA) is 112 Å². The molecule has 0 spiro atoms. The average molecular weight is 319 g/mol. The third-order valence-corrected chi connectivity index (χ3v) is 3.92. The van der Waals surface area contributed by atoms with Gasteiger partial charge in [-0.1, -0.05) is 0 Å². The lowest BCUT2D eigenvalue weighted by Gasteiger charge is -2.13. The summed E-state index contributed by atoms with van der Waals surface area (Å²) >= 11 is 0. The van der Waals surface area contributed by atoms with Crippen molar-refractivity contribution in [1.29, 1.82) is 0 Å². The van der Waals surface area contributed by atoms with Gasteiger partial charge in [-0.25, -0.2) is 18.9 Å². The van der Waals surface area contributed by atoms with Crippen LogP contribution in [0.1, 0.15) is 18.2 Å². The van der Waals surface area contributed by atoms with E-state index in [0.29, 0.717) is 22.7 Å². The van der Waals surface area contributed by atoms with Crippen LogP contribution in [0.15, 0.2) is 29.3 Å². The third kappa shape index (κ3) is 2.16. The fourth-order valence-corrected chi connectivity index (χ4v) is 2.91. The second-order valence-corrected chi connectivity index (χ2v) is 5.34. The maximum atomic E-state index is 14.3. The first-order chi connectivity index (χ1) is 11.2. The molecule has 23 heavy (non-hydrogen) atoms. The number of alkyl halides is 1. The van der Waals surface area contributed by atoms with E-state index in [-0.39, 0.29) is 18.8 Å². The van der Waals surface area contributed by atoms with Gasteiger partial charge in [-0.3, -0.25) is 0 Å². The molecule has 0 amide bonds. The minimum atomic E-state index is -1.25. The number of halogens is 1. The number of hydrogen-bond donors (Lipinski definition) is 2. The van der Waals surface area contributed by atoms with Crippen molar-refractivity contribution in [2.75, 3.05) is 12.3 Å². The normalized spacial score (nSPS) is 24.5. The Bertz CT molecular complexity index is 834. The lowest BCUT2D eigenvalue weighted by atomic mass is 10.1. The molecule has 8 nitrogen and oxygen atoms in total. The molecule has 0 radical (unpaired) electrons. The number of aliphatic hydroxyl groups is 1. The Morgan fingerprint density at radius 2 is 2.30 bits per heavy atom. The molecule has 3 N–H and O–H groups in total. The number of anilines is 1. The molecule has 0 saturated carbocycles. The van der Waals surface area contributed by atoms with E-state index in [1.54, 1.807) is 6.07 Å². The van der Waals surface area contributed by atoms with E-state index >= 15 is 0 Å². The van der Waals surface area contributed by atoms with Crippen molar-refractivity contribution >= 4 is 11.3 Å². The Morgan fingerprint density at radius 3 is 3.00 bits per heavy atom. The Balaban J connectivity index is 1.90. The second kappa shape index (κ2) is 5.28. The van der Waals surface area contributed by atoms with Crippen molar-refractivity contribution in [2.45, 2.75) is 24.8 Å². The molecule has 3 unspecified atom stereocenters. The van der Waals surface area contributed by atoms with Crippen molar-refractivity contribution < 1.29 is 18.7 Å². The van der Waals surface area contributed by atoms with Crippen LogP contribution in [0.4, 0.5) is 10.2 Å². The van der Waals surface area contributed by atoms with E-state index in [2.05, 4.69) is 15.1 Å². The Kier molecular flexibility index (Phi) is 3.24. The van der Waals surface area contributed by atoms with E-state index in [1.165, 1.54) is 23.3 Å². The molecule has 1 fully saturated rings. The quantitative estimate of drug-likeness (QED) is 0.744. The lowest BCUT2D eigenvalue weighted by Crippen LogP contribution is -2.13. The fourth-order valence-electron chi connectivity index (χ4n) is 2.91. The van der Waals surface area contributed by atoms with Gasteiger partial charge in [-0.05, 0) is 6.07 Å². The Morgan fingerprint density at radius 1 is 1.43 bits per heavy atom. The molecule has 4 heterocycles. The molecule has 0 aliphatic carbocycles. The summed E-state index contributed by atoms with van der Waals surface area (Å²) in [5.41, 5.74) is 7.47. The van der Waals surface area contributed by atoms with Crippen LogP contribution < -0.4 is 5.73 Å². The van der Waals surface area contributed by atoms with Gasteiger partial charge in [0.25, 0.3) is 0 Å². The number of aromatic nitrogens is 4. The molecule has 3 aromatic heterocycles. The van der Waals surface area contributed by atoms with Gasteiger partial charge < -0.3 is 20.0 Å². The van der Waals surface area contributed by atoms with Crippen molar-refractivity contribution in [1.82, 2.24) is 19.6 Å². The molecule has 1 aliphatic heterocycles. The summed E-state index contributed by atoms with van der Waals surface area (Å²) in [7, 11) is 0. The number of oxazole rings is 1. The standard InChI is InChI=1S/C14H14FN5O3/c15-9-3-7(5-21)23-12(9)10-4-8(14-17-1-2-22-14)11-13(16)18-6-19-20(10)11/h1-2,4,6-7,9,12,21H,3,5H2,(H2,16,18,19). The first-order valence-corrected chi connectivity index (χ1v) is 7.11. The first kappa shape index (κ1) is 14.1. The van der Waals surface area contributed by atoms with Gasteiger partial charge in [-0.2, -0.15) is 5.10 Å². The monoisotopic (exact) mass is 319 g/mol. The molecule has 3 atom stereocenters. The SMILES string of the molecule is Nc1ncnn2c(C3OC(CO)CC3F)cc(-c3ncco3)c12. The van der Waals surface area contributed by atoms with Gasteiger partial charge in [0.15, 0.2) is 5.82 Å². The molecule has 0 bridgehead atoms. The third-order valence-electron chi connectivity index (χ3n) is 3.92. The molecule has 120 valence electrons. The number of ether oxygens (including phenoxy) is 1. The van der Waals surface area contributed by atoms with E-state index in [9.17, 15) is 9.50 Å². The zero-order valence-electron chi connectivity index (χ0n) is 12.0. The Labute approximate surface area is 129 Å². The predicted octanol–water partition coefficient (Wildman–Crippen LogP) is 1.13. The molecule has 4 rings (SSSR count). The highest BCUT2D eigenvalue weighted by molar-refractivity contribution is 5.85. The van der Waals surface area contributed by atoms with Crippen LogP contribution in [0, 0.1) is 0 Å². The Hall–Kier alpha value is -2.52.